The molecule has 0 radical (unpaired) electrons. The van der Waals surface area contributed by atoms with E-state index in [1.807, 2.05) is 24.3 Å². The first-order valence-electron chi connectivity index (χ1n) is 11.0. The average molecular weight is 442 g/mol. The van der Waals surface area contributed by atoms with Gasteiger partial charge in [0.1, 0.15) is 5.82 Å². The van der Waals surface area contributed by atoms with Gasteiger partial charge in [-0.05, 0) is 67.2 Å². The molecule has 0 unspecified atom stereocenters. The van der Waals surface area contributed by atoms with Gasteiger partial charge in [0.05, 0.1) is 13.2 Å². The Kier molecular flexibility index (Phi) is 8.76. The largest absolute Gasteiger partial charge is 0.380 e. The maximum absolute atomic E-state index is 13.0. The highest BCUT2D eigenvalue weighted by Crippen LogP contribution is 2.17. The van der Waals surface area contributed by atoms with E-state index < -0.39 is 0 Å². The van der Waals surface area contributed by atoms with Crippen LogP contribution >= 0.6 is 0 Å². The summed E-state index contributed by atoms with van der Waals surface area (Å²) in [6.45, 7) is 3.74. The van der Waals surface area contributed by atoms with Gasteiger partial charge >= 0.3 is 6.03 Å². The number of carbonyl (C=O) groups is 2. The topological polar surface area (TPSA) is 61.9 Å². The van der Waals surface area contributed by atoms with E-state index in [0.29, 0.717) is 37.7 Å². The van der Waals surface area contributed by atoms with Crippen LogP contribution in [-0.4, -0.2) is 62.0 Å². The Morgan fingerprint density at radius 2 is 1.69 bits per heavy atom. The zero-order valence-corrected chi connectivity index (χ0v) is 18.9. The van der Waals surface area contributed by atoms with Crippen LogP contribution in [0.5, 0.6) is 0 Å². The zero-order chi connectivity index (χ0) is 22.9. The number of ketones is 1. The summed E-state index contributed by atoms with van der Waals surface area (Å²) in [5.74, 6) is 0.0709. The molecule has 172 valence electrons. The number of urea groups is 1. The Bertz CT molecular complexity index is 878. The lowest BCUT2D eigenvalue weighted by atomic mass is 9.96. The fraction of sp³-hybridized carbons (Fsp3) is 0.440. The van der Waals surface area contributed by atoms with Crippen molar-refractivity contribution in [2.75, 3.05) is 40.3 Å². The van der Waals surface area contributed by atoms with Crippen molar-refractivity contribution in [3.63, 3.8) is 0 Å². The first-order chi connectivity index (χ1) is 15.4. The number of piperidine rings is 1. The van der Waals surface area contributed by atoms with Crippen LogP contribution in [-0.2, 0) is 17.9 Å². The molecule has 0 aromatic heterocycles. The maximum atomic E-state index is 13.0. The van der Waals surface area contributed by atoms with Crippen molar-refractivity contribution in [3.8, 4) is 0 Å². The predicted molar refractivity (Wildman–Crippen MR) is 122 cm³/mol. The summed E-state index contributed by atoms with van der Waals surface area (Å²) in [6, 6.07) is 13.7. The Morgan fingerprint density at radius 1 is 1.06 bits per heavy atom. The molecule has 2 aromatic rings. The minimum Gasteiger partial charge on any atom is -0.380 e. The molecule has 0 saturated carbocycles. The second kappa shape index (κ2) is 11.7. The number of hydrogen-bond acceptors (Lipinski definition) is 4. The summed E-state index contributed by atoms with van der Waals surface area (Å²) >= 11 is 0. The fourth-order valence-electron chi connectivity index (χ4n) is 3.90. The van der Waals surface area contributed by atoms with E-state index in [1.165, 1.54) is 24.3 Å². The van der Waals surface area contributed by atoms with E-state index in [1.54, 1.807) is 19.1 Å². The van der Waals surface area contributed by atoms with Crippen LogP contribution in [0, 0.1) is 11.7 Å². The molecule has 2 amide bonds. The monoisotopic (exact) mass is 441 g/mol. The van der Waals surface area contributed by atoms with Gasteiger partial charge in [0.2, 0.25) is 0 Å². The van der Waals surface area contributed by atoms with Crippen LogP contribution in [0.3, 0.4) is 0 Å². The Labute approximate surface area is 189 Å². The lowest BCUT2D eigenvalue weighted by Gasteiger charge is -2.32. The molecule has 0 spiro atoms. The normalized spacial score (nSPS) is 14.8. The highest BCUT2D eigenvalue weighted by Gasteiger charge is 2.22. The molecule has 1 saturated heterocycles. The number of nitrogens with zero attached hydrogens (tertiary/aromatic N) is 2. The molecule has 1 fully saturated rings. The van der Waals surface area contributed by atoms with Gasteiger partial charge in [-0.2, -0.15) is 0 Å². The third kappa shape index (κ3) is 7.14. The van der Waals surface area contributed by atoms with Crippen molar-refractivity contribution in [1.29, 1.82) is 0 Å². The fourth-order valence-corrected chi connectivity index (χ4v) is 3.90. The van der Waals surface area contributed by atoms with Crippen LogP contribution in [0.25, 0.3) is 0 Å². The van der Waals surface area contributed by atoms with Crippen molar-refractivity contribution >= 4 is 11.8 Å². The van der Waals surface area contributed by atoms with Gasteiger partial charge in [0, 0.05) is 32.8 Å². The first-order valence-corrected chi connectivity index (χ1v) is 11.0. The summed E-state index contributed by atoms with van der Waals surface area (Å²) in [5, 5.41) is 3.04. The highest BCUT2D eigenvalue weighted by atomic mass is 19.1. The number of hydrogen-bond donors (Lipinski definition) is 1. The molecule has 2 aromatic carbocycles. The van der Waals surface area contributed by atoms with Gasteiger partial charge in [-0.15, -0.1) is 0 Å². The minimum atomic E-state index is -0.338. The van der Waals surface area contributed by atoms with Crippen LogP contribution < -0.4 is 5.32 Å². The van der Waals surface area contributed by atoms with Crippen molar-refractivity contribution in [1.82, 2.24) is 15.1 Å². The van der Waals surface area contributed by atoms with Gasteiger partial charge < -0.3 is 15.0 Å². The van der Waals surface area contributed by atoms with Gasteiger partial charge in [-0.3, -0.25) is 9.69 Å². The smallest absolute Gasteiger partial charge is 0.317 e. The third-order valence-electron chi connectivity index (χ3n) is 5.88. The molecule has 1 aliphatic rings. The van der Waals surface area contributed by atoms with Crippen LogP contribution in [0.1, 0.15) is 34.3 Å². The lowest BCUT2D eigenvalue weighted by molar-refractivity contribution is 0.0896. The summed E-state index contributed by atoms with van der Waals surface area (Å²) in [7, 11) is 3.46. The second-order valence-electron chi connectivity index (χ2n) is 8.44. The summed E-state index contributed by atoms with van der Waals surface area (Å²) in [6.07, 6.45) is 1.86. The number of carbonyl (C=O) groups excluding carboxylic acids is 2. The number of rotatable bonds is 9. The van der Waals surface area contributed by atoms with E-state index in [0.717, 1.165) is 37.1 Å². The predicted octanol–water partition coefficient (Wildman–Crippen LogP) is 3.71. The molecule has 32 heavy (non-hydrogen) atoms. The molecule has 3 rings (SSSR count). The maximum Gasteiger partial charge on any atom is 0.317 e. The number of Topliss-reactive ketones (excluding diaryl/α,β-unsaturated/α-hetero) is 1. The number of methoxy groups -OCH3 is 1. The number of amides is 2. The van der Waals surface area contributed by atoms with Crippen molar-refractivity contribution < 1.29 is 18.7 Å². The summed E-state index contributed by atoms with van der Waals surface area (Å²) in [5.41, 5.74) is 2.72. The standard InChI is InChI=1S/C25H32FN3O3/c1-28(16-20-3-5-21(6-4-20)18-32-2)25(31)27-15-19-11-13-29(14-12-19)17-24(30)22-7-9-23(26)10-8-22/h3-10,19H,11-18H2,1-2H3,(H,27,31). The second-order valence-corrected chi connectivity index (χ2v) is 8.44. The van der Waals surface area contributed by atoms with E-state index in [-0.39, 0.29) is 17.6 Å². The van der Waals surface area contributed by atoms with Crippen LogP contribution in [0.2, 0.25) is 0 Å². The number of ether oxygens (including phenoxy) is 1. The Hall–Kier alpha value is -2.77. The van der Waals surface area contributed by atoms with E-state index in [9.17, 15) is 14.0 Å². The zero-order valence-electron chi connectivity index (χ0n) is 18.9. The quantitative estimate of drug-likeness (QED) is 0.603. The van der Waals surface area contributed by atoms with Crippen LogP contribution in [0.15, 0.2) is 48.5 Å². The van der Waals surface area contributed by atoms with Crippen molar-refractivity contribution in [2.24, 2.45) is 5.92 Å². The Morgan fingerprint density at radius 3 is 2.31 bits per heavy atom. The molecule has 1 aliphatic heterocycles. The first kappa shape index (κ1) is 23.9. The number of halogens is 1. The molecular weight excluding hydrogens is 409 g/mol. The summed E-state index contributed by atoms with van der Waals surface area (Å²) < 4.78 is 18.1. The number of benzene rings is 2. The van der Waals surface area contributed by atoms with Gasteiger partial charge in [-0.1, -0.05) is 24.3 Å². The molecule has 0 atom stereocenters. The molecule has 7 heteroatoms. The molecular formula is C25H32FN3O3. The van der Waals surface area contributed by atoms with Gasteiger partial charge in [-0.25, -0.2) is 9.18 Å². The lowest BCUT2D eigenvalue weighted by Crippen LogP contribution is -2.43. The molecule has 6 nitrogen and oxygen atoms in total. The van der Waals surface area contributed by atoms with E-state index >= 15 is 0 Å². The van der Waals surface area contributed by atoms with E-state index in [4.69, 9.17) is 4.74 Å². The molecule has 0 bridgehead atoms. The molecule has 0 aliphatic carbocycles. The van der Waals surface area contributed by atoms with E-state index in [2.05, 4.69) is 10.2 Å². The molecule has 1 N–H and O–H groups in total. The van der Waals surface area contributed by atoms with Crippen molar-refractivity contribution in [2.45, 2.75) is 26.0 Å². The highest BCUT2D eigenvalue weighted by molar-refractivity contribution is 5.97. The number of likely N-dealkylation sites (tertiary alicyclic amines) is 1. The minimum absolute atomic E-state index is 0.00799. The van der Waals surface area contributed by atoms with Crippen LogP contribution in [0.4, 0.5) is 9.18 Å². The number of nitrogens with one attached hydrogen (secondary N) is 1. The average Bonchev–Trinajstić information content (AvgIpc) is 2.80. The SMILES string of the molecule is COCc1ccc(CN(C)C(=O)NCC2CCN(CC(=O)c3ccc(F)cc3)CC2)cc1. The third-order valence-corrected chi connectivity index (χ3v) is 5.88. The Balaban J connectivity index is 1.36. The van der Waals surface area contributed by atoms with Gasteiger partial charge in [0.25, 0.3) is 0 Å². The molecule has 1 heterocycles. The van der Waals surface area contributed by atoms with Gasteiger partial charge in [0.15, 0.2) is 5.78 Å². The summed E-state index contributed by atoms with van der Waals surface area (Å²) in [4.78, 5) is 28.6. The van der Waals surface area contributed by atoms with Crippen molar-refractivity contribution in [3.05, 3.63) is 71.0 Å².